The van der Waals surface area contributed by atoms with Crippen LogP contribution in [0.5, 0.6) is 11.5 Å². The number of ether oxygens (including phenoxy) is 2. The second-order valence-corrected chi connectivity index (χ2v) is 5.55. The van der Waals surface area contributed by atoms with Gasteiger partial charge >= 0.3 is 6.09 Å². The van der Waals surface area contributed by atoms with E-state index in [0.717, 1.165) is 6.26 Å². The van der Waals surface area contributed by atoms with Crippen molar-refractivity contribution in [3.63, 3.8) is 0 Å². The monoisotopic (exact) mass is 283 g/mol. The summed E-state index contributed by atoms with van der Waals surface area (Å²) in [6.07, 6.45) is 5.31. The van der Waals surface area contributed by atoms with E-state index >= 15 is 0 Å². The summed E-state index contributed by atoms with van der Waals surface area (Å²) in [5.41, 5.74) is 0. The smallest absolute Gasteiger partial charge is 0.413 e. The van der Waals surface area contributed by atoms with E-state index in [9.17, 15) is 13.2 Å². The summed E-state index contributed by atoms with van der Waals surface area (Å²) in [4.78, 5) is 11.4. The summed E-state index contributed by atoms with van der Waals surface area (Å²) in [6.45, 7) is 0.0303. The molecule has 0 bridgehead atoms. The molecule has 0 fully saturated rings. The summed E-state index contributed by atoms with van der Waals surface area (Å²) < 4.78 is 32.7. The lowest BCUT2D eigenvalue weighted by Gasteiger charge is -2.10. The number of carbonyl (C=O) groups excluding carboxylic acids is 1. The van der Waals surface area contributed by atoms with E-state index in [2.05, 4.69) is 11.2 Å². The second kappa shape index (κ2) is 6.11. The molecule has 102 valence electrons. The Morgan fingerprint density at radius 1 is 1.42 bits per heavy atom. The Balaban J connectivity index is 2.98. The predicted molar refractivity (Wildman–Crippen MR) is 69.0 cm³/mol. The minimum atomic E-state index is -3.36. The highest BCUT2D eigenvalue weighted by Gasteiger charge is 2.14. The molecule has 0 aliphatic rings. The van der Waals surface area contributed by atoms with Gasteiger partial charge in [0.25, 0.3) is 0 Å². The van der Waals surface area contributed by atoms with Gasteiger partial charge in [-0.05, 0) is 12.1 Å². The zero-order valence-corrected chi connectivity index (χ0v) is 11.3. The lowest BCUT2D eigenvalue weighted by atomic mass is 10.3. The molecule has 0 atom stereocenters. The van der Waals surface area contributed by atoms with Crippen LogP contribution in [-0.4, -0.2) is 34.4 Å². The first-order chi connectivity index (χ1) is 8.88. The fraction of sp³-hybridized carbons (Fsp3) is 0.250. The number of amides is 1. The summed E-state index contributed by atoms with van der Waals surface area (Å²) in [7, 11) is -2.02. The Labute approximate surface area is 111 Å². The molecule has 6 nitrogen and oxygen atoms in total. The van der Waals surface area contributed by atoms with Crippen LogP contribution in [-0.2, 0) is 9.84 Å². The Morgan fingerprint density at radius 3 is 2.63 bits per heavy atom. The van der Waals surface area contributed by atoms with Crippen molar-refractivity contribution in [2.45, 2.75) is 4.90 Å². The van der Waals surface area contributed by atoms with E-state index < -0.39 is 15.9 Å². The van der Waals surface area contributed by atoms with Crippen molar-refractivity contribution < 1.29 is 22.7 Å². The highest BCUT2D eigenvalue weighted by Crippen LogP contribution is 2.29. The van der Waals surface area contributed by atoms with Crippen LogP contribution >= 0.6 is 0 Å². The molecule has 0 saturated carbocycles. The zero-order chi connectivity index (χ0) is 14.5. The van der Waals surface area contributed by atoms with Crippen molar-refractivity contribution in [2.75, 3.05) is 19.9 Å². The third-order valence-corrected chi connectivity index (χ3v) is 3.21. The molecular formula is C12H13NO5S. The molecule has 1 aromatic rings. The van der Waals surface area contributed by atoms with Gasteiger partial charge in [-0.2, -0.15) is 0 Å². The van der Waals surface area contributed by atoms with E-state index in [-0.39, 0.29) is 22.9 Å². The minimum absolute atomic E-state index is 0.0303. The number of hydrogen-bond acceptors (Lipinski definition) is 5. The standard InChI is InChI=1S/C12H13NO5S/c1-4-7-13-12(14)18-10-6-5-9(19(3,15)16)8-11(10)17-2/h1,5-6,8H,7H2,2-3H3,(H,13,14). The van der Waals surface area contributed by atoms with Crippen LogP contribution in [0.1, 0.15) is 0 Å². The van der Waals surface area contributed by atoms with Crippen molar-refractivity contribution in [3.8, 4) is 23.8 Å². The number of methoxy groups -OCH3 is 1. The molecule has 7 heteroatoms. The molecular weight excluding hydrogens is 270 g/mol. The molecule has 19 heavy (non-hydrogen) atoms. The predicted octanol–water partition coefficient (Wildman–Crippen LogP) is 0.820. The van der Waals surface area contributed by atoms with Gasteiger partial charge in [0.2, 0.25) is 0 Å². The van der Waals surface area contributed by atoms with Crippen LogP contribution in [0, 0.1) is 12.3 Å². The van der Waals surface area contributed by atoms with E-state index in [0.29, 0.717) is 0 Å². The first-order valence-electron chi connectivity index (χ1n) is 5.15. The molecule has 0 spiro atoms. The molecule has 0 radical (unpaired) electrons. The summed E-state index contributed by atoms with van der Waals surface area (Å²) in [5, 5.41) is 2.31. The van der Waals surface area contributed by atoms with E-state index in [1.807, 2.05) is 0 Å². The number of carbonyl (C=O) groups is 1. The van der Waals surface area contributed by atoms with Gasteiger partial charge in [0.1, 0.15) is 0 Å². The molecule has 1 amide bonds. The lowest BCUT2D eigenvalue weighted by molar-refractivity contribution is 0.199. The SMILES string of the molecule is C#CCNC(=O)Oc1ccc(S(C)(=O)=O)cc1OC. The summed E-state index contributed by atoms with van der Waals surface area (Å²) in [6, 6.07) is 3.94. The molecule has 1 N–H and O–H groups in total. The van der Waals surface area contributed by atoms with Crippen LogP contribution < -0.4 is 14.8 Å². The maximum Gasteiger partial charge on any atom is 0.413 e. The van der Waals surface area contributed by atoms with Gasteiger partial charge in [-0.15, -0.1) is 6.42 Å². The lowest BCUT2D eigenvalue weighted by Crippen LogP contribution is -2.27. The molecule has 0 heterocycles. The van der Waals surface area contributed by atoms with Crippen LogP contribution in [0.2, 0.25) is 0 Å². The molecule has 0 aliphatic heterocycles. The highest BCUT2D eigenvalue weighted by molar-refractivity contribution is 7.90. The fourth-order valence-electron chi connectivity index (χ4n) is 1.22. The van der Waals surface area contributed by atoms with Crippen molar-refractivity contribution in [3.05, 3.63) is 18.2 Å². The van der Waals surface area contributed by atoms with Gasteiger partial charge in [0.15, 0.2) is 21.3 Å². The van der Waals surface area contributed by atoms with Crippen LogP contribution in [0.25, 0.3) is 0 Å². The van der Waals surface area contributed by atoms with Gasteiger partial charge in [0.05, 0.1) is 18.6 Å². The third-order valence-electron chi connectivity index (χ3n) is 2.10. The number of benzene rings is 1. The Bertz CT molecular complexity index is 615. The van der Waals surface area contributed by atoms with E-state index in [4.69, 9.17) is 15.9 Å². The van der Waals surface area contributed by atoms with Crippen LogP contribution in [0.3, 0.4) is 0 Å². The van der Waals surface area contributed by atoms with Crippen molar-refractivity contribution in [2.24, 2.45) is 0 Å². The van der Waals surface area contributed by atoms with Gasteiger partial charge in [-0.3, -0.25) is 0 Å². The first kappa shape index (κ1) is 14.9. The maximum absolute atomic E-state index is 11.4. The quantitative estimate of drug-likeness (QED) is 0.827. The first-order valence-corrected chi connectivity index (χ1v) is 7.05. The number of hydrogen-bond donors (Lipinski definition) is 1. The van der Waals surface area contributed by atoms with Crippen molar-refractivity contribution in [1.82, 2.24) is 5.32 Å². The van der Waals surface area contributed by atoms with Gasteiger partial charge in [0, 0.05) is 12.3 Å². The number of rotatable bonds is 4. The van der Waals surface area contributed by atoms with Crippen LogP contribution in [0.4, 0.5) is 4.79 Å². The zero-order valence-electron chi connectivity index (χ0n) is 10.5. The Morgan fingerprint density at radius 2 is 2.11 bits per heavy atom. The normalized spacial score (nSPS) is 10.4. The van der Waals surface area contributed by atoms with E-state index in [1.165, 1.54) is 25.3 Å². The molecule has 0 saturated heterocycles. The number of sulfone groups is 1. The molecule has 1 aromatic carbocycles. The number of terminal acetylenes is 1. The molecule has 0 unspecified atom stereocenters. The summed E-state index contributed by atoms with van der Waals surface area (Å²) >= 11 is 0. The van der Waals surface area contributed by atoms with Gasteiger partial charge in [-0.1, -0.05) is 5.92 Å². The van der Waals surface area contributed by atoms with Gasteiger partial charge < -0.3 is 14.8 Å². The Kier molecular flexibility index (Phi) is 4.78. The molecule has 0 aromatic heterocycles. The molecule has 0 aliphatic carbocycles. The molecule has 1 rings (SSSR count). The summed E-state index contributed by atoms with van der Waals surface area (Å²) in [5.74, 6) is 2.46. The second-order valence-electron chi connectivity index (χ2n) is 3.53. The topological polar surface area (TPSA) is 81.7 Å². The average Bonchev–Trinajstić information content (AvgIpc) is 2.35. The minimum Gasteiger partial charge on any atom is -0.493 e. The third kappa shape index (κ3) is 4.19. The fourth-order valence-corrected chi connectivity index (χ4v) is 1.86. The highest BCUT2D eigenvalue weighted by atomic mass is 32.2. The largest absolute Gasteiger partial charge is 0.493 e. The van der Waals surface area contributed by atoms with Crippen molar-refractivity contribution >= 4 is 15.9 Å². The van der Waals surface area contributed by atoms with Crippen LogP contribution in [0.15, 0.2) is 23.1 Å². The number of nitrogens with one attached hydrogen (secondary N) is 1. The average molecular weight is 283 g/mol. The maximum atomic E-state index is 11.4. The van der Waals surface area contributed by atoms with Gasteiger partial charge in [-0.25, -0.2) is 13.2 Å². The van der Waals surface area contributed by atoms with Crippen molar-refractivity contribution in [1.29, 1.82) is 0 Å². The Hall–Kier alpha value is -2.20. The van der Waals surface area contributed by atoms with E-state index in [1.54, 1.807) is 0 Å².